The minimum Gasteiger partial charge on any atom is -0.484 e. The highest BCUT2D eigenvalue weighted by Crippen LogP contribution is 2.17. The summed E-state index contributed by atoms with van der Waals surface area (Å²) in [5.41, 5.74) is 0.565. The predicted octanol–water partition coefficient (Wildman–Crippen LogP) is 1.25. The van der Waals surface area contributed by atoms with Crippen LogP contribution in [0.1, 0.15) is 20.8 Å². The van der Waals surface area contributed by atoms with Crippen LogP contribution < -0.4 is 15.4 Å². The van der Waals surface area contributed by atoms with Crippen molar-refractivity contribution in [2.45, 2.75) is 26.8 Å². The van der Waals surface area contributed by atoms with E-state index in [1.807, 2.05) is 0 Å². The molecule has 0 bridgehead atoms. The molecule has 2 amide bonds. The number of anilines is 1. The van der Waals surface area contributed by atoms with E-state index >= 15 is 0 Å². The molecule has 0 radical (unpaired) electrons. The molecular formula is C15H20N2O5. The first-order valence-corrected chi connectivity index (χ1v) is 6.85. The molecule has 7 nitrogen and oxygen atoms in total. The fourth-order valence-corrected chi connectivity index (χ4v) is 1.44. The smallest absolute Gasteiger partial charge is 0.325 e. The second-order valence-corrected chi connectivity index (χ2v) is 5.09. The monoisotopic (exact) mass is 308 g/mol. The van der Waals surface area contributed by atoms with Crippen molar-refractivity contribution < 1.29 is 24.2 Å². The van der Waals surface area contributed by atoms with Gasteiger partial charge in [0.05, 0.1) is 0 Å². The van der Waals surface area contributed by atoms with Gasteiger partial charge in [-0.05, 0) is 19.1 Å². The highest BCUT2D eigenvalue weighted by Gasteiger charge is 2.14. The topological polar surface area (TPSA) is 105 Å². The Kier molecular flexibility index (Phi) is 6.37. The Hall–Kier alpha value is -2.57. The number of ether oxygens (including phenoxy) is 1. The quantitative estimate of drug-likeness (QED) is 0.703. The van der Waals surface area contributed by atoms with Crippen molar-refractivity contribution in [2.24, 2.45) is 5.92 Å². The minimum atomic E-state index is -1.12. The normalized spacial score (nSPS) is 11.6. The van der Waals surface area contributed by atoms with E-state index in [9.17, 15) is 14.4 Å². The molecule has 1 aromatic carbocycles. The molecule has 1 rings (SSSR count). The maximum Gasteiger partial charge on any atom is 0.325 e. The van der Waals surface area contributed by atoms with E-state index < -0.39 is 17.9 Å². The Bertz CT molecular complexity index is 557. The summed E-state index contributed by atoms with van der Waals surface area (Å²) in [7, 11) is 0. The van der Waals surface area contributed by atoms with Crippen LogP contribution in [0.15, 0.2) is 24.3 Å². The van der Waals surface area contributed by atoms with E-state index in [1.165, 1.54) is 6.92 Å². The lowest BCUT2D eigenvalue weighted by Crippen LogP contribution is -2.40. The molecule has 1 unspecified atom stereocenters. The largest absolute Gasteiger partial charge is 0.484 e. The molecule has 0 spiro atoms. The number of benzene rings is 1. The van der Waals surface area contributed by atoms with Crippen molar-refractivity contribution in [3.8, 4) is 5.75 Å². The fourth-order valence-electron chi connectivity index (χ4n) is 1.44. The van der Waals surface area contributed by atoms with Gasteiger partial charge in [-0.2, -0.15) is 0 Å². The van der Waals surface area contributed by atoms with Crippen molar-refractivity contribution in [2.75, 3.05) is 11.9 Å². The zero-order chi connectivity index (χ0) is 16.7. The highest BCUT2D eigenvalue weighted by atomic mass is 16.5. The number of carbonyl (C=O) groups excluding carboxylic acids is 2. The fraction of sp³-hybridized carbons (Fsp3) is 0.400. The van der Waals surface area contributed by atoms with Crippen LogP contribution >= 0.6 is 0 Å². The summed E-state index contributed by atoms with van der Waals surface area (Å²) in [5.74, 6) is -1.52. The molecule has 22 heavy (non-hydrogen) atoms. The number of carbonyl (C=O) groups is 3. The third-order valence-corrected chi connectivity index (χ3v) is 2.74. The van der Waals surface area contributed by atoms with Gasteiger partial charge in [0, 0.05) is 17.7 Å². The Labute approximate surface area is 128 Å². The van der Waals surface area contributed by atoms with Gasteiger partial charge in [0.15, 0.2) is 6.61 Å². The molecule has 0 saturated heterocycles. The molecule has 0 fully saturated rings. The SMILES string of the molecule is CC(C)C(=O)Nc1cccc(OCC(=O)NC(C)C(=O)O)c1. The molecular weight excluding hydrogens is 288 g/mol. The van der Waals surface area contributed by atoms with Gasteiger partial charge in [0.2, 0.25) is 5.91 Å². The van der Waals surface area contributed by atoms with Crippen LogP contribution in [0, 0.1) is 5.92 Å². The average Bonchev–Trinajstić information content (AvgIpc) is 2.45. The van der Waals surface area contributed by atoms with Crippen LogP contribution in [-0.2, 0) is 14.4 Å². The van der Waals surface area contributed by atoms with Crippen LogP contribution in [-0.4, -0.2) is 35.5 Å². The molecule has 7 heteroatoms. The van der Waals surface area contributed by atoms with Gasteiger partial charge < -0.3 is 20.5 Å². The molecule has 0 aromatic heterocycles. The van der Waals surface area contributed by atoms with Crippen LogP contribution in [0.2, 0.25) is 0 Å². The predicted molar refractivity (Wildman–Crippen MR) is 80.6 cm³/mol. The van der Waals surface area contributed by atoms with Gasteiger partial charge >= 0.3 is 5.97 Å². The first kappa shape index (κ1) is 17.5. The Balaban J connectivity index is 2.55. The van der Waals surface area contributed by atoms with Gasteiger partial charge in [0.25, 0.3) is 5.91 Å². The lowest BCUT2D eigenvalue weighted by Gasteiger charge is -2.12. The maximum atomic E-state index is 11.6. The third kappa shape index (κ3) is 5.82. The van der Waals surface area contributed by atoms with Gasteiger partial charge in [-0.15, -0.1) is 0 Å². The van der Waals surface area contributed by atoms with Crippen molar-refractivity contribution in [3.63, 3.8) is 0 Å². The molecule has 1 aromatic rings. The number of rotatable bonds is 7. The van der Waals surface area contributed by atoms with Gasteiger partial charge in [-0.3, -0.25) is 14.4 Å². The van der Waals surface area contributed by atoms with Crippen LogP contribution in [0.3, 0.4) is 0 Å². The molecule has 1 atom stereocenters. The van der Waals surface area contributed by atoms with E-state index in [0.29, 0.717) is 11.4 Å². The minimum absolute atomic E-state index is 0.120. The van der Waals surface area contributed by atoms with E-state index in [1.54, 1.807) is 38.1 Å². The van der Waals surface area contributed by atoms with Crippen LogP contribution in [0.25, 0.3) is 0 Å². The number of hydrogen-bond donors (Lipinski definition) is 3. The van der Waals surface area contributed by atoms with Crippen molar-refractivity contribution in [1.82, 2.24) is 5.32 Å². The van der Waals surface area contributed by atoms with E-state index in [-0.39, 0.29) is 18.4 Å². The lowest BCUT2D eigenvalue weighted by atomic mass is 10.2. The number of hydrogen-bond acceptors (Lipinski definition) is 4. The summed E-state index contributed by atoms with van der Waals surface area (Å²) in [4.78, 5) is 33.7. The first-order chi connectivity index (χ1) is 10.3. The zero-order valence-corrected chi connectivity index (χ0v) is 12.8. The number of nitrogens with one attached hydrogen (secondary N) is 2. The molecule has 3 N–H and O–H groups in total. The zero-order valence-electron chi connectivity index (χ0n) is 12.8. The highest BCUT2D eigenvalue weighted by molar-refractivity contribution is 5.92. The number of amides is 2. The second kappa shape index (κ2) is 8.02. The average molecular weight is 308 g/mol. The van der Waals surface area contributed by atoms with E-state index in [4.69, 9.17) is 9.84 Å². The Morgan fingerprint density at radius 3 is 2.50 bits per heavy atom. The van der Waals surface area contributed by atoms with E-state index in [2.05, 4.69) is 10.6 Å². The summed E-state index contributed by atoms with van der Waals surface area (Å²) in [6.07, 6.45) is 0. The first-order valence-electron chi connectivity index (χ1n) is 6.85. The number of carboxylic acids is 1. The Morgan fingerprint density at radius 2 is 1.91 bits per heavy atom. The summed E-state index contributed by atoms with van der Waals surface area (Å²) in [6.45, 7) is 4.62. The Morgan fingerprint density at radius 1 is 1.23 bits per heavy atom. The number of aliphatic carboxylic acids is 1. The standard InChI is InChI=1S/C15H20N2O5/c1-9(2)14(19)17-11-5-4-6-12(7-11)22-8-13(18)16-10(3)15(20)21/h4-7,9-10H,8H2,1-3H3,(H,16,18)(H,17,19)(H,20,21). The van der Waals surface area contributed by atoms with Crippen molar-refractivity contribution in [1.29, 1.82) is 0 Å². The van der Waals surface area contributed by atoms with Gasteiger partial charge in [-0.1, -0.05) is 19.9 Å². The van der Waals surface area contributed by atoms with Crippen LogP contribution in [0.4, 0.5) is 5.69 Å². The van der Waals surface area contributed by atoms with Crippen molar-refractivity contribution >= 4 is 23.5 Å². The molecule has 0 saturated carbocycles. The maximum absolute atomic E-state index is 11.6. The molecule has 0 heterocycles. The number of carboxylic acid groups (broad SMARTS) is 1. The molecule has 120 valence electrons. The lowest BCUT2D eigenvalue weighted by molar-refractivity contribution is -0.141. The summed E-state index contributed by atoms with van der Waals surface area (Å²) < 4.78 is 5.27. The van der Waals surface area contributed by atoms with Crippen molar-refractivity contribution in [3.05, 3.63) is 24.3 Å². The van der Waals surface area contributed by atoms with Gasteiger partial charge in [-0.25, -0.2) is 0 Å². The van der Waals surface area contributed by atoms with Gasteiger partial charge in [0.1, 0.15) is 11.8 Å². The molecule has 0 aliphatic heterocycles. The molecule has 0 aliphatic carbocycles. The molecule has 0 aliphatic rings. The van der Waals surface area contributed by atoms with E-state index in [0.717, 1.165) is 0 Å². The van der Waals surface area contributed by atoms with Crippen LogP contribution in [0.5, 0.6) is 5.75 Å². The summed E-state index contributed by atoms with van der Waals surface area (Å²) >= 11 is 0. The summed E-state index contributed by atoms with van der Waals surface area (Å²) in [6, 6.07) is 5.64. The third-order valence-electron chi connectivity index (χ3n) is 2.74. The summed E-state index contributed by atoms with van der Waals surface area (Å²) in [5, 5.41) is 13.7. The second-order valence-electron chi connectivity index (χ2n) is 5.09.